The maximum Gasteiger partial charge on any atom is 0.165 e. The van der Waals surface area contributed by atoms with E-state index in [1.165, 1.54) is 11.1 Å². The third-order valence-electron chi connectivity index (χ3n) is 5.08. The summed E-state index contributed by atoms with van der Waals surface area (Å²) >= 11 is 0. The first-order valence-corrected chi connectivity index (χ1v) is 8.10. The molecule has 0 saturated heterocycles. The number of rotatable bonds is 2. The van der Waals surface area contributed by atoms with Gasteiger partial charge in [0.25, 0.3) is 0 Å². The molecule has 122 valence electrons. The van der Waals surface area contributed by atoms with Crippen molar-refractivity contribution < 1.29 is 10.2 Å². The van der Waals surface area contributed by atoms with E-state index >= 15 is 0 Å². The second-order valence-electron chi connectivity index (χ2n) is 6.35. The smallest absolute Gasteiger partial charge is 0.165 e. The van der Waals surface area contributed by atoms with Gasteiger partial charge in [0.2, 0.25) is 0 Å². The Hall–Kier alpha value is -1.71. The lowest BCUT2D eigenvalue weighted by Gasteiger charge is -2.41. The lowest BCUT2D eigenvalue weighted by atomic mass is 9.76. The fourth-order valence-corrected chi connectivity index (χ4v) is 4.13. The number of hydrogen-bond donors (Lipinski definition) is 2. The monoisotopic (exact) mass is 331 g/mol. The highest BCUT2D eigenvalue weighted by molar-refractivity contribution is 5.85. The SMILES string of the molecule is CCCN1CCc2cccc3c2[C@@H]1Cc1ccc(O)c(O)c1-3.Cl. The lowest BCUT2D eigenvalue weighted by molar-refractivity contribution is 0.183. The van der Waals surface area contributed by atoms with Crippen molar-refractivity contribution in [3.05, 3.63) is 47.0 Å². The predicted octanol–water partition coefficient (Wildman–Crippen LogP) is 4.05. The van der Waals surface area contributed by atoms with Gasteiger partial charge in [-0.25, -0.2) is 0 Å². The first kappa shape index (κ1) is 16.2. The summed E-state index contributed by atoms with van der Waals surface area (Å²) in [6, 6.07) is 10.3. The molecule has 0 radical (unpaired) electrons. The fraction of sp³-hybridized carbons (Fsp3) is 0.368. The highest BCUT2D eigenvalue weighted by Crippen LogP contribution is 2.50. The van der Waals surface area contributed by atoms with Crippen molar-refractivity contribution in [1.82, 2.24) is 4.90 Å². The molecule has 0 spiro atoms. The van der Waals surface area contributed by atoms with Gasteiger partial charge in [0.1, 0.15) is 0 Å². The number of fused-ring (bicyclic) bond motifs is 2. The van der Waals surface area contributed by atoms with Crippen LogP contribution in [0.15, 0.2) is 30.3 Å². The maximum absolute atomic E-state index is 10.4. The van der Waals surface area contributed by atoms with Crippen LogP contribution in [0.2, 0.25) is 0 Å². The highest BCUT2D eigenvalue weighted by Gasteiger charge is 2.35. The normalized spacial score (nSPS) is 18.7. The van der Waals surface area contributed by atoms with Crippen LogP contribution in [0.25, 0.3) is 11.1 Å². The van der Waals surface area contributed by atoms with E-state index in [0.717, 1.165) is 49.0 Å². The molecule has 0 aromatic heterocycles. The average Bonchev–Trinajstić information content (AvgIpc) is 2.53. The van der Waals surface area contributed by atoms with E-state index in [1.54, 1.807) is 6.07 Å². The van der Waals surface area contributed by atoms with Crippen LogP contribution in [0.1, 0.15) is 36.1 Å². The Labute approximate surface area is 143 Å². The highest BCUT2D eigenvalue weighted by atomic mass is 35.5. The van der Waals surface area contributed by atoms with Gasteiger partial charge in [-0.05, 0) is 54.1 Å². The molecule has 23 heavy (non-hydrogen) atoms. The van der Waals surface area contributed by atoms with Gasteiger partial charge >= 0.3 is 0 Å². The number of phenolic OH excluding ortho intramolecular Hbond substituents is 2. The van der Waals surface area contributed by atoms with Crippen LogP contribution < -0.4 is 0 Å². The summed E-state index contributed by atoms with van der Waals surface area (Å²) in [7, 11) is 0. The van der Waals surface area contributed by atoms with E-state index in [2.05, 4.69) is 30.0 Å². The van der Waals surface area contributed by atoms with E-state index in [-0.39, 0.29) is 23.9 Å². The van der Waals surface area contributed by atoms with Crippen molar-refractivity contribution in [3.63, 3.8) is 0 Å². The maximum atomic E-state index is 10.4. The fourth-order valence-electron chi connectivity index (χ4n) is 4.13. The molecule has 0 amide bonds. The molecule has 3 nitrogen and oxygen atoms in total. The summed E-state index contributed by atoms with van der Waals surface area (Å²) in [6.07, 6.45) is 3.13. The van der Waals surface area contributed by atoms with Crippen molar-refractivity contribution >= 4 is 12.4 Å². The third kappa shape index (κ3) is 2.39. The quantitative estimate of drug-likeness (QED) is 0.816. The third-order valence-corrected chi connectivity index (χ3v) is 5.08. The molecule has 1 aliphatic carbocycles. The van der Waals surface area contributed by atoms with Gasteiger partial charge < -0.3 is 10.2 Å². The van der Waals surface area contributed by atoms with Crippen molar-refractivity contribution in [2.24, 2.45) is 0 Å². The molecule has 0 saturated carbocycles. The van der Waals surface area contributed by atoms with E-state index in [9.17, 15) is 10.2 Å². The topological polar surface area (TPSA) is 43.7 Å². The number of benzene rings is 2. The Kier molecular flexibility index (Phi) is 4.26. The van der Waals surface area contributed by atoms with E-state index in [1.807, 2.05) is 6.07 Å². The van der Waals surface area contributed by atoms with Gasteiger partial charge in [0.15, 0.2) is 11.5 Å². The summed E-state index contributed by atoms with van der Waals surface area (Å²) in [5.74, 6) is -0.00649. The Morgan fingerprint density at radius 1 is 1.13 bits per heavy atom. The largest absolute Gasteiger partial charge is 0.504 e. The molecule has 1 heterocycles. The minimum atomic E-state index is -0.0315. The van der Waals surface area contributed by atoms with Crippen LogP contribution in [0.4, 0.5) is 0 Å². The van der Waals surface area contributed by atoms with Gasteiger partial charge in [-0.2, -0.15) is 0 Å². The molecule has 2 aromatic rings. The van der Waals surface area contributed by atoms with Crippen LogP contribution in [0.3, 0.4) is 0 Å². The van der Waals surface area contributed by atoms with E-state index in [4.69, 9.17) is 0 Å². The van der Waals surface area contributed by atoms with Crippen molar-refractivity contribution in [2.75, 3.05) is 13.1 Å². The van der Waals surface area contributed by atoms with Crippen LogP contribution in [-0.2, 0) is 12.8 Å². The lowest BCUT2D eigenvalue weighted by Crippen LogP contribution is -2.38. The van der Waals surface area contributed by atoms with Gasteiger partial charge in [-0.15, -0.1) is 12.4 Å². The first-order chi connectivity index (χ1) is 10.7. The number of aromatic hydroxyl groups is 2. The van der Waals surface area contributed by atoms with E-state index < -0.39 is 0 Å². The van der Waals surface area contributed by atoms with Crippen molar-refractivity contribution in [2.45, 2.75) is 32.2 Å². The van der Waals surface area contributed by atoms with Gasteiger partial charge in [0, 0.05) is 18.2 Å². The number of hydrogen-bond acceptors (Lipinski definition) is 3. The molecule has 1 atom stereocenters. The second kappa shape index (κ2) is 6.06. The minimum Gasteiger partial charge on any atom is -0.504 e. The standard InChI is InChI=1S/C19H21NO2.ClH/c1-2-9-20-10-8-12-4-3-5-14-17(12)15(20)11-13-6-7-16(21)19(22)18(13)14;/h3-7,15,21-22H,2,8-11H2,1H3;1H/t15-;/m0./s1. The molecule has 4 heteroatoms. The Morgan fingerprint density at radius 2 is 1.96 bits per heavy atom. The molecule has 0 bridgehead atoms. The molecule has 0 unspecified atom stereocenters. The second-order valence-corrected chi connectivity index (χ2v) is 6.35. The number of nitrogens with zero attached hydrogens (tertiary/aromatic N) is 1. The summed E-state index contributed by atoms with van der Waals surface area (Å²) in [5, 5.41) is 20.2. The Bertz CT molecular complexity index is 744. The number of halogens is 1. The molecule has 2 N–H and O–H groups in total. The van der Waals surface area contributed by atoms with Crippen LogP contribution in [0.5, 0.6) is 11.5 Å². The van der Waals surface area contributed by atoms with E-state index in [0.29, 0.717) is 6.04 Å². The molecular formula is C19H22ClNO2. The zero-order valence-corrected chi connectivity index (χ0v) is 14.1. The number of phenols is 2. The van der Waals surface area contributed by atoms with Gasteiger partial charge in [-0.3, -0.25) is 4.90 Å². The predicted molar refractivity (Wildman–Crippen MR) is 94.5 cm³/mol. The first-order valence-electron chi connectivity index (χ1n) is 8.10. The molecular weight excluding hydrogens is 310 g/mol. The minimum absolute atomic E-state index is 0. The van der Waals surface area contributed by atoms with Crippen LogP contribution >= 0.6 is 12.4 Å². The molecule has 1 aliphatic heterocycles. The molecule has 2 aliphatic rings. The van der Waals surface area contributed by atoms with Crippen LogP contribution in [-0.4, -0.2) is 28.2 Å². The molecule has 4 rings (SSSR count). The van der Waals surface area contributed by atoms with Crippen LogP contribution in [0, 0.1) is 0 Å². The summed E-state index contributed by atoms with van der Waals surface area (Å²) < 4.78 is 0. The average molecular weight is 332 g/mol. The molecule has 0 fully saturated rings. The van der Waals surface area contributed by atoms with Gasteiger partial charge in [-0.1, -0.05) is 31.2 Å². The summed E-state index contributed by atoms with van der Waals surface area (Å²) in [5.41, 5.74) is 5.80. The zero-order chi connectivity index (χ0) is 15.3. The van der Waals surface area contributed by atoms with Crippen molar-refractivity contribution in [3.8, 4) is 22.6 Å². The van der Waals surface area contributed by atoms with Gasteiger partial charge in [0.05, 0.1) is 0 Å². The summed E-state index contributed by atoms with van der Waals surface area (Å²) in [6.45, 7) is 4.44. The van der Waals surface area contributed by atoms with Crippen molar-refractivity contribution in [1.29, 1.82) is 0 Å². The molecule has 2 aromatic carbocycles. The Morgan fingerprint density at radius 3 is 2.74 bits per heavy atom. The summed E-state index contributed by atoms with van der Waals surface area (Å²) in [4.78, 5) is 2.57. The Balaban J connectivity index is 0.00000156. The zero-order valence-electron chi connectivity index (χ0n) is 13.2.